The quantitative estimate of drug-likeness (QED) is 0.781. The summed E-state index contributed by atoms with van der Waals surface area (Å²) >= 11 is 0. The molecule has 1 aliphatic heterocycles. The van der Waals surface area contributed by atoms with E-state index in [1.165, 1.54) is 11.1 Å². The Morgan fingerprint density at radius 2 is 1.76 bits per heavy atom. The van der Waals surface area contributed by atoms with E-state index in [4.69, 9.17) is 9.84 Å². The molecule has 2 aromatic carbocycles. The van der Waals surface area contributed by atoms with Gasteiger partial charge in [-0.15, -0.1) is 0 Å². The van der Waals surface area contributed by atoms with Crippen LogP contribution in [-0.2, 0) is 6.54 Å². The molecule has 0 aromatic heterocycles. The standard InChI is InChI=1S/C21H27N3O/c1-17-7-9-19(10-8-17)16-23-11-13-24(14-12-23)22-18(2)20-5-4-6-21(15-20)25-3/h4-10,15H,11-14,16H2,1-3H3/b22-18-. The normalized spacial score (nSPS) is 16.1. The molecule has 1 saturated heterocycles. The van der Waals surface area contributed by atoms with E-state index in [0.29, 0.717) is 0 Å². The Balaban J connectivity index is 1.55. The lowest BCUT2D eigenvalue weighted by Gasteiger charge is -2.33. The van der Waals surface area contributed by atoms with Gasteiger partial charge in [-0.2, -0.15) is 5.10 Å². The third-order valence-corrected chi connectivity index (χ3v) is 4.65. The Morgan fingerprint density at radius 1 is 1.04 bits per heavy atom. The van der Waals surface area contributed by atoms with Crippen molar-refractivity contribution >= 4 is 5.71 Å². The Hall–Kier alpha value is -2.33. The van der Waals surface area contributed by atoms with E-state index >= 15 is 0 Å². The summed E-state index contributed by atoms with van der Waals surface area (Å²) in [6.45, 7) is 9.23. The number of hydrazone groups is 1. The van der Waals surface area contributed by atoms with Crippen molar-refractivity contribution in [1.82, 2.24) is 9.91 Å². The molecule has 0 saturated carbocycles. The summed E-state index contributed by atoms with van der Waals surface area (Å²) in [6.07, 6.45) is 0. The number of hydrogen-bond acceptors (Lipinski definition) is 4. The van der Waals surface area contributed by atoms with Crippen LogP contribution in [0, 0.1) is 6.92 Å². The van der Waals surface area contributed by atoms with Gasteiger partial charge in [0.2, 0.25) is 0 Å². The largest absolute Gasteiger partial charge is 0.497 e. The van der Waals surface area contributed by atoms with E-state index in [-0.39, 0.29) is 0 Å². The van der Waals surface area contributed by atoms with E-state index in [1.54, 1.807) is 7.11 Å². The molecule has 3 rings (SSSR count). The highest BCUT2D eigenvalue weighted by Crippen LogP contribution is 2.15. The van der Waals surface area contributed by atoms with Crippen LogP contribution in [0.25, 0.3) is 0 Å². The van der Waals surface area contributed by atoms with E-state index in [2.05, 4.69) is 54.1 Å². The zero-order valence-corrected chi connectivity index (χ0v) is 15.4. The third-order valence-electron chi connectivity index (χ3n) is 4.65. The van der Waals surface area contributed by atoms with Crippen molar-refractivity contribution in [3.05, 3.63) is 65.2 Å². The minimum Gasteiger partial charge on any atom is -0.497 e. The highest BCUT2D eigenvalue weighted by molar-refractivity contribution is 5.98. The summed E-state index contributed by atoms with van der Waals surface area (Å²) in [5.41, 5.74) is 4.85. The second-order valence-electron chi connectivity index (χ2n) is 6.63. The van der Waals surface area contributed by atoms with E-state index in [1.807, 2.05) is 18.2 Å². The maximum absolute atomic E-state index is 5.30. The fourth-order valence-electron chi connectivity index (χ4n) is 3.07. The van der Waals surface area contributed by atoms with Gasteiger partial charge in [-0.25, -0.2) is 0 Å². The zero-order valence-electron chi connectivity index (χ0n) is 15.4. The number of ether oxygens (including phenoxy) is 1. The average molecular weight is 337 g/mol. The van der Waals surface area contributed by atoms with Gasteiger partial charge >= 0.3 is 0 Å². The van der Waals surface area contributed by atoms with Gasteiger partial charge in [-0.1, -0.05) is 42.0 Å². The predicted molar refractivity (Wildman–Crippen MR) is 103 cm³/mol. The number of nitrogens with zero attached hydrogens (tertiary/aromatic N) is 3. The Morgan fingerprint density at radius 3 is 2.44 bits per heavy atom. The van der Waals surface area contributed by atoms with Crippen LogP contribution in [0.4, 0.5) is 0 Å². The summed E-state index contributed by atoms with van der Waals surface area (Å²) in [5, 5.41) is 6.98. The second kappa shape index (κ2) is 8.17. The molecule has 1 heterocycles. The topological polar surface area (TPSA) is 28.1 Å². The number of piperazine rings is 1. The van der Waals surface area contributed by atoms with Crippen molar-refractivity contribution in [3.63, 3.8) is 0 Å². The van der Waals surface area contributed by atoms with Crippen LogP contribution in [0.2, 0.25) is 0 Å². The first-order valence-corrected chi connectivity index (χ1v) is 8.86. The van der Waals surface area contributed by atoms with Gasteiger partial charge in [0.05, 0.1) is 12.8 Å². The molecule has 0 amide bonds. The molecule has 1 aliphatic rings. The van der Waals surface area contributed by atoms with E-state index < -0.39 is 0 Å². The molecule has 4 heteroatoms. The molecule has 1 fully saturated rings. The van der Waals surface area contributed by atoms with E-state index in [0.717, 1.165) is 49.7 Å². The van der Waals surface area contributed by atoms with Gasteiger partial charge in [0.1, 0.15) is 5.75 Å². The summed E-state index contributed by atoms with van der Waals surface area (Å²) in [6, 6.07) is 16.9. The lowest BCUT2D eigenvalue weighted by atomic mass is 10.1. The second-order valence-corrected chi connectivity index (χ2v) is 6.63. The summed E-state index contributed by atoms with van der Waals surface area (Å²) in [4.78, 5) is 2.50. The van der Waals surface area contributed by atoms with Gasteiger partial charge in [0.15, 0.2) is 0 Å². The lowest BCUT2D eigenvalue weighted by Crippen LogP contribution is -2.43. The molecule has 0 N–H and O–H groups in total. The van der Waals surface area contributed by atoms with Gasteiger partial charge in [-0.3, -0.25) is 9.91 Å². The summed E-state index contributed by atoms with van der Waals surface area (Å²) < 4.78 is 5.30. The monoisotopic (exact) mass is 337 g/mol. The third kappa shape index (κ3) is 4.83. The highest BCUT2D eigenvalue weighted by Gasteiger charge is 2.16. The van der Waals surface area contributed by atoms with Crippen molar-refractivity contribution in [2.45, 2.75) is 20.4 Å². The molecule has 0 spiro atoms. The lowest BCUT2D eigenvalue weighted by molar-refractivity contribution is 0.130. The van der Waals surface area contributed by atoms with Crippen molar-refractivity contribution in [2.75, 3.05) is 33.3 Å². The van der Waals surface area contributed by atoms with Crippen LogP contribution in [0.1, 0.15) is 23.6 Å². The molecule has 0 unspecified atom stereocenters. The minimum atomic E-state index is 0.870. The number of rotatable bonds is 5. The molecule has 0 aliphatic carbocycles. The van der Waals surface area contributed by atoms with Gasteiger partial charge in [0, 0.05) is 38.3 Å². The summed E-state index contributed by atoms with van der Waals surface area (Å²) in [7, 11) is 1.69. The van der Waals surface area contributed by atoms with Crippen LogP contribution < -0.4 is 4.74 Å². The van der Waals surface area contributed by atoms with Gasteiger partial charge in [-0.05, 0) is 31.5 Å². The highest BCUT2D eigenvalue weighted by atomic mass is 16.5. The van der Waals surface area contributed by atoms with Crippen molar-refractivity contribution in [2.24, 2.45) is 5.10 Å². The molecule has 25 heavy (non-hydrogen) atoms. The molecule has 0 atom stereocenters. The van der Waals surface area contributed by atoms with Gasteiger partial charge in [0.25, 0.3) is 0 Å². The Bertz CT molecular complexity index is 716. The maximum atomic E-state index is 5.30. The fraction of sp³-hybridized carbons (Fsp3) is 0.381. The number of benzene rings is 2. The smallest absolute Gasteiger partial charge is 0.119 e. The molecule has 132 valence electrons. The molecule has 2 aromatic rings. The first kappa shape index (κ1) is 17.5. The number of hydrogen-bond donors (Lipinski definition) is 0. The number of methoxy groups -OCH3 is 1. The molecular formula is C21H27N3O. The minimum absolute atomic E-state index is 0.870. The van der Waals surface area contributed by atoms with Crippen LogP contribution in [0.3, 0.4) is 0 Å². The predicted octanol–water partition coefficient (Wildman–Crippen LogP) is 3.55. The molecule has 0 radical (unpaired) electrons. The Kier molecular flexibility index (Phi) is 5.71. The fourth-order valence-corrected chi connectivity index (χ4v) is 3.07. The summed E-state index contributed by atoms with van der Waals surface area (Å²) in [5.74, 6) is 0.870. The average Bonchev–Trinajstić information content (AvgIpc) is 2.65. The van der Waals surface area contributed by atoms with Crippen molar-refractivity contribution < 1.29 is 4.74 Å². The maximum Gasteiger partial charge on any atom is 0.119 e. The van der Waals surface area contributed by atoms with E-state index in [9.17, 15) is 0 Å². The van der Waals surface area contributed by atoms with Crippen LogP contribution in [0.15, 0.2) is 53.6 Å². The first-order chi connectivity index (χ1) is 12.1. The molecular weight excluding hydrogens is 310 g/mol. The molecule has 4 nitrogen and oxygen atoms in total. The van der Waals surface area contributed by atoms with Gasteiger partial charge < -0.3 is 4.74 Å². The van der Waals surface area contributed by atoms with Crippen LogP contribution in [0.5, 0.6) is 5.75 Å². The molecule has 0 bridgehead atoms. The van der Waals surface area contributed by atoms with Crippen molar-refractivity contribution in [1.29, 1.82) is 0 Å². The number of aryl methyl sites for hydroxylation is 1. The van der Waals surface area contributed by atoms with Crippen LogP contribution >= 0.6 is 0 Å². The van der Waals surface area contributed by atoms with Crippen LogP contribution in [-0.4, -0.2) is 48.9 Å². The zero-order chi connectivity index (χ0) is 17.6. The van der Waals surface area contributed by atoms with Crippen molar-refractivity contribution in [3.8, 4) is 5.75 Å². The SMILES string of the molecule is COc1cccc(/C(C)=N\N2CCN(Cc3ccc(C)cc3)CC2)c1. The first-order valence-electron chi connectivity index (χ1n) is 8.86. The Labute approximate surface area is 150 Å².